The summed E-state index contributed by atoms with van der Waals surface area (Å²) in [6, 6.07) is 1.28. The average molecular weight is 311 g/mol. The van der Waals surface area contributed by atoms with Gasteiger partial charge in [-0.2, -0.15) is 26.3 Å². The quantitative estimate of drug-likeness (QED) is 0.844. The predicted molar refractivity (Wildman–Crippen MR) is 64.2 cm³/mol. The molecule has 0 aliphatic carbocycles. The highest BCUT2D eigenvalue weighted by atomic mass is 19.4. The van der Waals surface area contributed by atoms with Crippen LogP contribution < -0.4 is 5.32 Å². The minimum atomic E-state index is -4.87. The second-order valence-electron chi connectivity index (χ2n) is 4.18. The highest BCUT2D eigenvalue weighted by Gasteiger charge is 2.36. The Kier molecular flexibility index (Phi) is 5.03. The van der Waals surface area contributed by atoms with Crippen molar-refractivity contribution in [1.29, 1.82) is 0 Å². The van der Waals surface area contributed by atoms with E-state index in [4.69, 9.17) is 0 Å². The molecule has 0 radical (unpaired) electrons. The zero-order valence-electron chi connectivity index (χ0n) is 10.8. The van der Waals surface area contributed by atoms with Crippen LogP contribution in [0, 0.1) is 0 Å². The molecule has 1 N–H and O–H groups in total. The minimum absolute atomic E-state index is 0.00687. The summed E-state index contributed by atoms with van der Waals surface area (Å²) in [7, 11) is 0. The van der Waals surface area contributed by atoms with E-state index >= 15 is 0 Å². The first kappa shape index (κ1) is 17.1. The van der Waals surface area contributed by atoms with Gasteiger partial charge in [-0.15, -0.1) is 0 Å². The van der Waals surface area contributed by atoms with Gasteiger partial charge in [-0.3, -0.25) is 4.79 Å². The van der Waals surface area contributed by atoms with Crippen molar-refractivity contribution in [2.24, 2.45) is 0 Å². The summed E-state index contributed by atoms with van der Waals surface area (Å²) in [5, 5.41) is 2.34. The number of nitrogens with one attached hydrogen (secondary N) is 1. The van der Waals surface area contributed by atoms with Gasteiger partial charge in [-0.25, -0.2) is 0 Å². The molecule has 0 atom stereocenters. The Bertz CT molecular complexity index is 512. The molecular weight excluding hydrogens is 300 g/mol. The van der Waals surface area contributed by atoms with Gasteiger partial charge in [0.15, 0.2) is 0 Å². The maximum Gasteiger partial charge on any atom is 0.416 e. The number of hydrogen-bond donors (Lipinski definition) is 1. The van der Waals surface area contributed by atoms with Crippen molar-refractivity contribution in [3.05, 3.63) is 41.0 Å². The fourth-order valence-corrected chi connectivity index (χ4v) is 1.47. The lowest BCUT2D eigenvalue weighted by molar-refractivity contribution is -0.143. The molecule has 0 aromatic heterocycles. The van der Waals surface area contributed by atoms with Crippen LogP contribution in [0.1, 0.15) is 23.6 Å². The molecule has 0 fully saturated rings. The van der Waals surface area contributed by atoms with Crippen molar-refractivity contribution >= 4 is 12.0 Å². The second kappa shape index (κ2) is 6.19. The third-order valence-electron chi connectivity index (χ3n) is 2.39. The largest absolute Gasteiger partial charge is 0.416 e. The normalized spacial score (nSPS) is 12.7. The molecule has 0 aliphatic heterocycles. The molecule has 0 bridgehead atoms. The van der Waals surface area contributed by atoms with Gasteiger partial charge in [-0.05, 0) is 23.8 Å². The third kappa shape index (κ3) is 5.49. The van der Waals surface area contributed by atoms with Gasteiger partial charge in [0.05, 0.1) is 11.1 Å². The number of halogens is 6. The van der Waals surface area contributed by atoms with E-state index in [1.807, 2.05) is 0 Å². The first-order chi connectivity index (χ1) is 9.50. The number of rotatable bonds is 3. The smallest absolute Gasteiger partial charge is 0.353 e. The molecule has 21 heavy (non-hydrogen) atoms. The van der Waals surface area contributed by atoms with Gasteiger partial charge in [0.2, 0.25) is 5.91 Å². The molecule has 0 saturated carbocycles. The fourth-order valence-electron chi connectivity index (χ4n) is 1.47. The minimum Gasteiger partial charge on any atom is -0.353 e. The summed E-state index contributed by atoms with van der Waals surface area (Å²) in [6.07, 6.45) is -7.40. The number of alkyl halides is 6. The van der Waals surface area contributed by atoms with Crippen LogP contribution in [0.5, 0.6) is 0 Å². The van der Waals surface area contributed by atoms with E-state index in [2.05, 4.69) is 5.32 Å². The number of hydrogen-bond acceptors (Lipinski definition) is 1. The topological polar surface area (TPSA) is 29.1 Å². The Labute approximate surface area is 116 Å². The molecule has 0 spiro atoms. The van der Waals surface area contributed by atoms with Gasteiger partial charge >= 0.3 is 12.4 Å². The number of amides is 1. The van der Waals surface area contributed by atoms with E-state index in [9.17, 15) is 31.1 Å². The molecule has 1 amide bonds. The number of carbonyl (C=O) groups excluding carboxylic acids is 1. The van der Waals surface area contributed by atoms with E-state index in [0.29, 0.717) is 12.1 Å². The van der Waals surface area contributed by atoms with E-state index in [1.165, 1.54) is 13.0 Å². The Morgan fingerprint density at radius 1 is 1.05 bits per heavy atom. The monoisotopic (exact) mass is 311 g/mol. The molecule has 0 aliphatic rings. The molecule has 116 valence electrons. The standard InChI is InChI=1S/C13H11F6NO/c1-8(21)20-4-2-3-9-5-10(12(14,15)16)7-11(6-9)13(17,18)19/h2-3,5-7H,4H2,1H3,(H,20,21). The summed E-state index contributed by atoms with van der Waals surface area (Å²) in [5.74, 6) is -0.361. The second-order valence-corrected chi connectivity index (χ2v) is 4.18. The van der Waals surface area contributed by atoms with Crippen molar-refractivity contribution in [1.82, 2.24) is 5.32 Å². The molecule has 1 aromatic rings. The molecular formula is C13H11F6NO. The fraction of sp³-hybridized carbons (Fsp3) is 0.308. The van der Waals surface area contributed by atoms with E-state index in [0.717, 1.165) is 6.08 Å². The lowest BCUT2D eigenvalue weighted by Gasteiger charge is -2.12. The van der Waals surface area contributed by atoms with Crippen LogP contribution in [0.25, 0.3) is 6.08 Å². The highest BCUT2D eigenvalue weighted by Crippen LogP contribution is 2.36. The van der Waals surface area contributed by atoms with Crippen LogP contribution in [-0.2, 0) is 17.1 Å². The van der Waals surface area contributed by atoms with Crippen molar-refractivity contribution in [2.45, 2.75) is 19.3 Å². The SMILES string of the molecule is CC(=O)NCC=Cc1cc(C(F)(F)F)cc(C(F)(F)F)c1. The van der Waals surface area contributed by atoms with Crippen LogP contribution in [0.2, 0.25) is 0 Å². The van der Waals surface area contributed by atoms with Crippen LogP contribution >= 0.6 is 0 Å². The Balaban J connectivity index is 3.11. The van der Waals surface area contributed by atoms with Gasteiger partial charge in [0.25, 0.3) is 0 Å². The van der Waals surface area contributed by atoms with Crippen LogP contribution in [0.15, 0.2) is 24.3 Å². The Morgan fingerprint density at radius 3 is 1.90 bits per heavy atom. The predicted octanol–water partition coefficient (Wildman–Crippen LogP) is 3.87. The Morgan fingerprint density at radius 2 is 1.52 bits per heavy atom. The highest BCUT2D eigenvalue weighted by molar-refractivity contribution is 5.73. The zero-order chi connectivity index (χ0) is 16.3. The summed E-state index contributed by atoms with van der Waals surface area (Å²) in [6.45, 7) is 1.24. The number of carbonyl (C=O) groups is 1. The maximum atomic E-state index is 12.6. The van der Waals surface area contributed by atoms with Gasteiger partial charge in [0.1, 0.15) is 0 Å². The molecule has 2 nitrogen and oxygen atoms in total. The van der Waals surface area contributed by atoms with Crippen molar-refractivity contribution in [2.75, 3.05) is 6.54 Å². The molecule has 8 heteroatoms. The van der Waals surface area contributed by atoms with Crippen molar-refractivity contribution in [3.63, 3.8) is 0 Å². The summed E-state index contributed by atoms with van der Waals surface area (Å²) >= 11 is 0. The first-order valence-corrected chi connectivity index (χ1v) is 5.70. The molecule has 1 aromatic carbocycles. The van der Waals surface area contributed by atoms with Crippen LogP contribution in [0.3, 0.4) is 0 Å². The summed E-state index contributed by atoms with van der Waals surface area (Å²) in [5.41, 5.74) is -3.00. The van der Waals surface area contributed by atoms with Crippen LogP contribution in [-0.4, -0.2) is 12.5 Å². The summed E-state index contributed by atoms with van der Waals surface area (Å²) < 4.78 is 75.5. The summed E-state index contributed by atoms with van der Waals surface area (Å²) in [4.78, 5) is 10.6. The van der Waals surface area contributed by atoms with Gasteiger partial charge in [0, 0.05) is 13.5 Å². The van der Waals surface area contributed by atoms with Gasteiger partial charge < -0.3 is 5.32 Å². The maximum absolute atomic E-state index is 12.6. The lowest BCUT2D eigenvalue weighted by Crippen LogP contribution is -2.19. The third-order valence-corrected chi connectivity index (χ3v) is 2.39. The average Bonchev–Trinajstić information content (AvgIpc) is 2.32. The molecule has 1 rings (SSSR count). The van der Waals surface area contributed by atoms with Crippen molar-refractivity contribution in [3.8, 4) is 0 Å². The molecule has 0 saturated heterocycles. The number of benzene rings is 1. The molecule has 0 heterocycles. The van der Waals surface area contributed by atoms with E-state index in [-0.39, 0.29) is 24.1 Å². The first-order valence-electron chi connectivity index (χ1n) is 5.70. The Hall–Kier alpha value is -1.99. The molecule has 0 unspecified atom stereocenters. The van der Waals surface area contributed by atoms with E-state index in [1.54, 1.807) is 0 Å². The lowest BCUT2D eigenvalue weighted by atomic mass is 10.0. The van der Waals surface area contributed by atoms with E-state index < -0.39 is 23.5 Å². The zero-order valence-corrected chi connectivity index (χ0v) is 10.8. The van der Waals surface area contributed by atoms with Gasteiger partial charge in [-0.1, -0.05) is 12.2 Å². The van der Waals surface area contributed by atoms with Crippen LogP contribution in [0.4, 0.5) is 26.3 Å². The van der Waals surface area contributed by atoms with Crippen molar-refractivity contribution < 1.29 is 31.1 Å².